The summed E-state index contributed by atoms with van der Waals surface area (Å²) in [6, 6.07) is 13.1. The average Bonchev–Trinajstić information content (AvgIpc) is 2.27. The van der Waals surface area contributed by atoms with Crippen molar-refractivity contribution < 1.29 is 0 Å². The molecule has 0 aromatic heterocycles. The van der Waals surface area contributed by atoms with Gasteiger partial charge in [0.2, 0.25) is 0 Å². The third kappa shape index (κ3) is 2.71. The molecular formula is C16H19Br. The van der Waals surface area contributed by atoms with Gasteiger partial charge in [-0.2, -0.15) is 0 Å². The quantitative estimate of drug-likeness (QED) is 0.643. The van der Waals surface area contributed by atoms with Gasteiger partial charge in [-0.05, 0) is 41.2 Å². The molecule has 0 aliphatic heterocycles. The summed E-state index contributed by atoms with van der Waals surface area (Å²) < 4.78 is 0. The second kappa shape index (κ2) is 5.22. The molecule has 0 spiro atoms. The molecule has 0 nitrogen and oxygen atoms in total. The smallest absolute Gasteiger partial charge is 0.0406 e. The Balaban J connectivity index is 2.54. The van der Waals surface area contributed by atoms with Gasteiger partial charge in [-0.25, -0.2) is 0 Å². The summed E-state index contributed by atoms with van der Waals surface area (Å²) in [5.74, 6) is 0.706. The van der Waals surface area contributed by atoms with Gasteiger partial charge in [0.15, 0.2) is 0 Å². The second-order valence-electron chi connectivity index (χ2n) is 5.11. The minimum absolute atomic E-state index is 0.452. The van der Waals surface area contributed by atoms with E-state index in [9.17, 15) is 0 Å². The number of fused-ring (bicyclic) bond motifs is 1. The van der Waals surface area contributed by atoms with E-state index in [1.807, 2.05) is 0 Å². The van der Waals surface area contributed by atoms with Crippen molar-refractivity contribution >= 4 is 26.7 Å². The Labute approximate surface area is 112 Å². The van der Waals surface area contributed by atoms with Gasteiger partial charge < -0.3 is 0 Å². The predicted octanol–water partition coefficient (Wildman–Crippen LogP) is 5.63. The van der Waals surface area contributed by atoms with Crippen molar-refractivity contribution in [2.24, 2.45) is 5.92 Å². The van der Waals surface area contributed by atoms with Gasteiger partial charge in [-0.3, -0.25) is 0 Å². The first-order chi connectivity index (χ1) is 8.09. The number of alkyl halides is 1. The van der Waals surface area contributed by atoms with Crippen LogP contribution >= 0.6 is 15.9 Å². The van der Waals surface area contributed by atoms with Crippen molar-refractivity contribution in [3.05, 3.63) is 47.5 Å². The van der Waals surface area contributed by atoms with Crippen LogP contribution in [0.1, 0.15) is 36.2 Å². The highest BCUT2D eigenvalue weighted by Gasteiger charge is 2.14. The van der Waals surface area contributed by atoms with Crippen LogP contribution in [0.5, 0.6) is 0 Å². The fourth-order valence-electron chi connectivity index (χ4n) is 2.35. The van der Waals surface area contributed by atoms with Gasteiger partial charge in [0.05, 0.1) is 0 Å². The van der Waals surface area contributed by atoms with Crippen molar-refractivity contribution in [3.63, 3.8) is 0 Å². The summed E-state index contributed by atoms with van der Waals surface area (Å²) in [7, 11) is 0. The fraction of sp³-hybridized carbons (Fsp3) is 0.375. The maximum atomic E-state index is 3.86. The summed E-state index contributed by atoms with van der Waals surface area (Å²) in [6.45, 7) is 6.75. The van der Waals surface area contributed by atoms with Crippen LogP contribution in [0.4, 0.5) is 0 Å². The predicted molar refractivity (Wildman–Crippen MR) is 79.8 cm³/mol. The highest BCUT2D eigenvalue weighted by Crippen LogP contribution is 2.36. The van der Waals surface area contributed by atoms with Gasteiger partial charge in [0, 0.05) is 4.83 Å². The highest BCUT2D eigenvalue weighted by molar-refractivity contribution is 9.09. The number of rotatable bonds is 3. The largest absolute Gasteiger partial charge is 0.0838 e. The molecule has 0 N–H and O–H groups in total. The number of benzene rings is 2. The lowest BCUT2D eigenvalue weighted by atomic mass is 9.94. The lowest BCUT2D eigenvalue weighted by Crippen LogP contribution is -1.99. The molecule has 2 rings (SSSR count). The van der Waals surface area contributed by atoms with Gasteiger partial charge in [0.1, 0.15) is 0 Å². The normalized spacial score (nSPS) is 13.2. The zero-order valence-electron chi connectivity index (χ0n) is 10.7. The number of halogens is 1. The van der Waals surface area contributed by atoms with E-state index >= 15 is 0 Å². The number of aryl methyl sites for hydroxylation is 1. The summed E-state index contributed by atoms with van der Waals surface area (Å²) in [5, 5.41) is 2.72. The topological polar surface area (TPSA) is 0 Å². The Hall–Kier alpha value is -0.820. The van der Waals surface area contributed by atoms with E-state index in [0.29, 0.717) is 10.7 Å². The minimum atomic E-state index is 0.452. The Morgan fingerprint density at radius 3 is 2.47 bits per heavy atom. The number of hydrogen-bond acceptors (Lipinski definition) is 0. The fourth-order valence-corrected chi connectivity index (χ4v) is 3.71. The Morgan fingerprint density at radius 1 is 1.06 bits per heavy atom. The molecule has 1 heteroatoms. The van der Waals surface area contributed by atoms with Crippen LogP contribution in [0.15, 0.2) is 36.4 Å². The summed E-state index contributed by atoms with van der Waals surface area (Å²) in [5.41, 5.74) is 2.84. The lowest BCUT2D eigenvalue weighted by Gasteiger charge is -2.18. The van der Waals surface area contributed by atoms with E-state index in [2.05, 4.69) is 73.1 Å². The summed E-state index contributed by atoms with van der Waals surface area (Å²) in [4.78, 5) is 0.452. The molecule has 0 saturated heterocycles. The van der Waals surface area contributed by atoms with E-state index in [4.69, 9.17) is 0 Å². The molecule has 90 valence electrons. The Kier molecular flexibility index (Phi) is 3.88. The lowest BCUT2D eigenvalue weighted by molar-refractivity contribution is 0.584. The Bertz CT molecular complexity index is 514. The molecule has 0 aliphatic rings. The Morgan fingerprint density at radius 2 is 1.76 bits per heavy atom. The first-order valence-electron chi connectivity index (χ1n) is 6.22. The standard InChI is InChI=1S/C16H19Br/c1-11(2)10-15(17)16-12(3)8-9-13-6-4-5-7-14(13)16/h4-9,11,15H,10H2,1-3H3. The van der Waals surface area contributed by atoms with E-state index in [1.165, 1.54) is 28.3 Å². The van der Waals surface area contributed by atoms with Crippen molar-refractivity contribution in [2.75, 3.05) is 0 Å². The van der Waals surface area contributed by atoms with Crippen LogP contribution < -0.4 is 0 Å². The van der Waals surface area contributed by atoms with Crippen molar-refractivity contribution in [3.8, 4) is 0 Å². The van der Waals surface area contributed by atoms with Crippen LogP contribution in [0.25, 0.3) is 10.8 Å². The van der Waals surface area contributed by atoms with Crippen LogP contribution in [0.3, 0.4) is 0 Å². The van der Waals surface area contributed by atoms with E-state index in [-0.39, 0.29) is 0 Å². The summed E-state index contributed by atoms with van der Waals surface area (Å²) >= 11 is 3.86. The maximum Gasteiger partial charge on any atom is 0.0406 e. The van der Waals surface area contributed by atoms with Crippen LogP contribution in [0, 0.1) is 12.8 Å². The third-order valence-corrected chi connectivity index (χ3v) is 4.01. The second-order valence-corrected chi connectivity index (χ2v) is 6.22. The maximum absolute atomic E-state index is 3.86. The van der Waals surface area contributed by atoms with E-state index in [0.717, 1.165) is 0 Å². The molecular weight excluding hydrogens is 272 g/mol. The monoisotopic (exact) mass is 290 g/mol. The average molecular weight is 291 g/mol. The van der Waals surface area contributed by atoms with Crippen LogP contribution in [0.2, 0.25) is 0 Å². The van der Waals surface area contributed by atoms with Crippen molar-refractivity contribution in [1.29, 1.82) is 0 Å². The molecule has 17 heavy (non-hydrogen) atoms. The molecule has 0 saturated carbocycles. The van der Waals surface area contributed by atoms with Crippen LogP contribution in [-0.2, 0) is 0 Å². The van der Waals surface area contributed by atoms with Gasteiger partial charge >= 0.3 is 0 Å². The molecule has 1 atom stereocenters. The highest BCUT2D eigenvalue weighted by atomic mass is 79.9. The molecule has 1 unspecified atom stereocenters. The summed E-state index contributed by atoms with van der Waals surface area (Å²) in [6.07, 6.45) is 1.18. The zero-order valence-corrected chi connectivity index (χ0v) is 12.3. The van der Waals surface area contributed by atoms with E-state index in [1.54, 1.807) is 0 Å². The van der Waals surface area contributed by atoms with Gasteiger partial charge in [-0.15, -0.1) is 0 Å². The molecule has 0 aliphatic carbocycles. The molecule has 0 heterocycles. The van der Waals surface area contributed by atoms with Crippen molar-refractivity contribution in [2.45, 2.75) is 32.0 Å². The molecule has 0 radical (unpaired) electrons. The first kappa shape index (κ1) is 12.6. The van der Waals surface area contributed by atoms with Gasteiger partial charge in [0.25, 0.3) is 0 Å². The SMILES string of the molecule is Cc1ccc2ccccc2c1C(Br)CC(C)C. The van der Waals surface area contributed by atoms with E-state index < -0.39 is 0 Å². The van der Waals surface area contributed by atoms with Crippen molar-refractivity contribution in [1.82, 2.24) is 0 Å². The van der Waals surface area contributed by atoms with Gasteiger partial charge in [-0.1, -0.05) is 66.2 Å². The van der Waals surface area contributed by atoms with Crippen LogP contribution in [-0.4, -0.2) is 0 Å². The molecule has 0 amide bonds. The third-order valence-electron chi connectivity index (χ3n) is 3.18. The molecule has 2 aromatic rings. The zero-order chi connectivity index (χ0) is 12.4. The minimum Gasteiger partial charge on any atom is -0.0838 e. The first-order valence-corrected chi connectivity index (χ1v) is 7.13. The number of hydrogen-bond donors (Lipinski definition) is 0. The molecule has 0 bridgehead atoms. The molecule has 0 fully saturated rings. The molecule has 2 aromatic carbocycles.